The molecule has 9 nitrogen and oxygen atoms in total. The van der Waals surface area contributed by atoms with Crippen molar-refractivity contribution in [3.05, 3.63) is 11.9 Å². The van der Waals surface area contributed by atoms with E-state index in [2.05, 4.69) is 10.3 Å². The molecule has 0 atom stereocenters. The molecule has 2 rings (SSSR count). The number of rotatable bonds is 5. The zero-order chi connectivity index (χ0) is 13.3. The average Bonchev–Trinajstić information content (AvgIpc) is 2.62. The van der Waals surface area contributed by atoms with Crippen molar-refractivity contribution in [2.45, 2.75) is 6.04 Å². The van der Waals surface area contributed by atoms with Gasteiger partial charge in [0.15, 0.2) is 5.69 Å². The first kappa shape index (κ1) is 12.9. The molecule has 18 heavy (non-hydrogen) atoms. The molecule has 1 aliphatic heterocycles. The van der Waals surface area contributed by atoms with E-state index in [0.29, 0.717) is 19.6 Å². The summed E-state index contributed by atoms with van der Waals surface area (Å²) in [5.41, 5.74) is -0.0991. The number of carboxylic acids is 1. The maximum atomic E-state index is 10.8. The van der Waals surface area contributed by atoms with E-state index in [0.717, 1.165) is 0 Å². The van der Waals surface area contributed by atoms with Crippen molar-refractivity contribution in [1.82, 2.24) is 19.9 Å². The standard InChI is InChI=1S/C8H13N5O4S/c9-18(16,17)2-1-12-3-6(4-12)13-5-7(8(14)15)10-11-13/h5-6H,1-4H2,(H,14,15)(H2,9,16,17). The zero-order valence-electron chi connectivity index (χ0n) is 9.43. The highest BCUT2D eigenvalue weighted by Crippen LogP contribution is 2.19. The fourth-order valence-electron chi connectivity index (χ4n) is 1.70. The second-order valence-corrected chi connectivity index (χ2v) is 5.90. The Kier molecular flexibility index (Phi) is 3.32. The Morgan fingerprint density at radius 1 is 1.56 bits per heavy atom. The van der Waals surface area contributed by atoms with Crippen LogP contribution in [0.15, 0.2) is 6.20 Å². The van der Waals surface area contributed by atoms with E-state index in [1.54, 1.807) is 0 Å². The van der Waals surface area contributed by atoms with Crippen LogP contribution in [0.5, 0.6) is 0 Å². The number of nitrogens with two attached hydrogens (primary N) is 1. The van der Waals surface area contributed by atoms with Crippen molar-refractivity contribution in [2.75, 3.05) is 25.4 Å². The molecular weight excluding hydrogens is 262 g/mol. The highest BCUT2D eigenvalue weighted by Gasteiger charge is 2.29. The van der Waals surface area contributed by atoms with Crippen LogP contribution >= 0.6 is 0 Å². The number of aromatic carboxylic acids is 1. The van der Waals surface area contributed by atoms with E-state index >= 15 is 0 Å². The van der Waals surface area contributed by atoms with E-state index in [1.807, 2.05) is 4.90 Å². The fourth-order valence-corrected chi connectivity index (χ4v) is 2.21. The number of hydrogen-bond donors (Lipinski definition) is 2. The molecule has 0 aromatic carbocycles. The molecule has 0 saturated carbocycles. The summed E-state index contributed by atoms with van der Waals surface area (Å²) in [6, 6.07) is 0.0334. The Labute approximate surface area is 103 Å². The molecule has 0 amide bonds. The number of nitrogens with zero attached hydrogens (tertiary/aromatic N) is 4. The molecule has 1 aromatic rings. The van der Waals surface area contributed by atoms with Gasteiger partial charge in [0.05, 0.1) is 18.0 Å². The number of aromatic nitrogens is 3. The van der Waals surface area contributed by atoms with Crippen molar-refractivity contribution >= 4 is 16.0 Å². The van der Waals surface area contributed by atoms with Gasteiger partial charge in [-0.05, 0) is 0 Å². The summed E-state index contributed by atoms with van der Waals surface area (Å²) in [6.45, 7) is 1.59. The molecule has 0 unspecified atom stereocenters. The molecule has 100 valence electrons. The molecule has 10 heteroatoms. The second-order valence-electron chi connectivity index (χ2n) is 4.17. The number of sulfonamides is 1. The van der Waals surface area contributed by atoms with E-state index < -0.39 is 16.0 Å². The van der Waals surface area contributed by atoms with Gasteiger partial charge >= 0.3 is 5.97 Å². The van der Waals surface area contributed by atoms with Crippen molar-refractivity contribution < 1.29 is 18.3 Å². The second kappa shape index (κ2) is 4.63. The summed E-state index contributed by atoms with van der Waals surface area (Å²) in [5, 5.41) is 20.8. The minimum atomic E-state index is -3.44. The largest absolute Gasteiger partial charge is 0.476 e. The predicted octanol–water partition coefficient (Wildman–Crippen LogP) is -1.88. The highest BCUT2D eigenvalue weighted by molar-refractivity contribution is 7.89. The van der Waals surface area contributed by atoms with Gasteiger partial charge in [-0.1, -0.05) is 5.21 Å². The topological polar surface area (TPSA) is 131 Å². The molecule has 0 spiro atoms. The molecule has 0 bridgehead atoms. The number of hydrogen-bond acceptors (Lipinski definition) is 6. The molecular formula is C8H13N5O4S. The maximum absolute atomic E-state index is 10.8. The minimum Gasteiger partial charge on any atom is -0.476 e. The first-order chi connectivity index (χ1) is 8.35. The number of primary sulfonamides is 1. The van der Waals surface area contributed by atoms with Crippen LogP contribution in [-0.4, -0.2) is 64.8 Å². The normalized spacial score (nSPS) is 17.6. The third kappa shape index (κ3) is 3.03. The molecule has 1 fully saturated rings. The minimum absolute atomic E-state index is 0.0334. The van der Waals surface area contributed by atoms with E-state index in [1.165, 1.54) is 10.9 Å². The number of carboxylic acid groups (broad SMARTS) is 1. The lowest BCUT2D eigenvalue weighted by Gasteiger charge is -2.38. The van der Waals surface area contributed by atoms with Gasteiger partial charge in [0.1, 0.15) is 0 Å². The summed E-state index contributed by atoms with van der Waals surface area (Å²) >= 11 is 0. The monoisotopic (exact) mass is 275 g/mol. The third-order valence-electron chi connectivity index (χ3n) is 2.73. The molecule has 1 aliphatic rings. The van der Waals surface area contributed by atoms with E-state index in [9.17, 15) is 13.2 Å². The summed E-state index contributed by atoms with van der Waals surface area (Å²) in [4.78, 5) is 12.5. The SMILES string of the molecule is NS(=O)(=O)CCN1CC(n2cc(C(=O)O)nn2)C1. The van der Waals surface area contributed by atoms with Crippen molar-refractivity contribution in [3.8, 4) is 0 Å². The van der Waals surface area contributed by atoms with Gasteiger partial charge in [0, 0.05) is 19.6 Å². The summed E-state index contributed by atoms with van der Waals surface area (Å²) in [7, 11) is -3.44. The van der Waals surface area contributed by atoms with Crippen molar-refractivity contribution in [3.63, 3.8) is 0 Å². The van der Waals surface area contributed by atoms with Gasteiger partial charge < -0.3 is 5.11 Å². The smallest absolute Gasteiger partial charge is 0.358 e. The third-order valence-corrected chi connectivity index (χ3v) is 3.49. The zero-order valence-corrected chi connectivity index (χ0v) is 10.2. The molecule has 1 aromatic heterocycles. The first-order valence-electron chi connectivity index (χ1n) is 5.23. The Morgan fingerprint density at radius 2 is 2.22 bits per heavy atom. The lowest BCUT2D eigenvalue weighted by Crippen LogP contribution is -2.49. The van der Waals surface area contributed by atoms with E-state index in [4.69, 9.17) is 10.2 Å². The molecule has 1 saturated heterocycles. The van der Waals surface area contributed by atoms with Gasteiger partial charge in [-0.15, -0.1) is 5.10 Å². The maximum Gasteiger partial charge on any atom is 0.358 e. The van der Waals surface area contributed by atoms with Gasteiger partial charge in [0.25, 0.3) is 0 Å². The van der Waals surface area contributed by atoms with Crippen molar-refractivity contribution in [2.24, 2.45) is 5.14 Å². The number of carbonyl (C=O) groups is 1. The summed E-state index contributed by atoms with van der Waals surface area (Å²) < 4.78 is 23.0. The lowest BCUT2D eigenvalue weighted by atomic mass is 10.1. The van der Waals surface area contributed by atoms with E-state index in [-0.39, 0.29) is 17.5 Å². The Balaban J connectivity index is 1.83. The van der Waals surface area contributed by atoms with Crippen LogP contribution in [-0.2, 0) is 10.0 Å². The van der Waals surface area contributed by atoms with Crippen LogP contribution in [0.4, 0.5) is 0 Å². The van der Waals surface area contributed by atoms with Crippen LogP contribution in [0.3, 0.4) is 0 Å². The van der Waals surface area contributed by atoms with Crippen LogP contribution in [0, 0.1) is 0 Å². The van der Waals surface area contributed by atoms with Crippen LogP contribution in [0.2, 0.25) is 0 Å². The lowest BCUT2D eigenvalue weighted by molar-refractivity contribution is 0.0690. The molecule has 0 radical (unpaired) electrons. The Morgan fingerprint density at radius 3 is 2.72 bits per heavy atom. The quantitative estimate of drug-likeness (QED) is 0.642. The van der Waals surface area contributed by atoms with Gasteiger partial charge in [-0.2, -0.15) is 0 Å². The fraction of sp³-hybridized carbons (Fsp3) is 0.625. The first-order valence-corrected chi connectivity index (χ1v) is 6.94. The predicted molar refractivity (Wildman–Crippen MR) is 60.4 cm³/mol. The van der Waals surface area contributed by atoms with Crippen LogP contribution < -0.4 is 5.14 Å². The Hall–Kier alpha value is -1.52. The number of likely N-dealkylation sites (tertiary alicyclic amines) is 1. The average molecular weight is 275 g/mol. The van der Waals surface area contributed by atoms with Crippen LogP contribution in [0.1, 0.15) is 16.5 Å². The van der Waals surface area contributed by atoms with Gasteiger partial charge in [0.2, 0.25) is 10.0 Å². The molecule has 3 N–H and O–H groups in total. The highest BCUT2D eigenvalue weighted by atomic mass is 32.2. The Bertz CT molecular complexity index is 548. The molecule has 2 heterocycles. The summed E-state index contributed by atoms with van der Waals surface area (Å²) in [5.74, 6) is -1.20. The van der Waals surface area contributed by atoms with Gasteiger partial charge in [-0.25, -0.2) is 23.0 Å². The van der Waals surface area contributed by atoms with Crippen LogP contribution in [0.25, 0.3) is 0 Å². The van der Waals surface area contributed by atoms with Gasteiger partial charge in [-0.3, -0.25) is 4.90 Å². The van der Waals surface area contributed by atoms with Crippen molar-refractivity contribution in [1.29, 1.82) is 0 Å². The summed E-state index contributed by atoms with van der Waals surface area (Å²) in [6.07, 6.45) is 1.37. The molecule has 0 aliphatic carbocycles.